The number of nitrogens with zero attached hydrogens (tertiary/aromatic N) is 1. The van der Waals surface area contributed by atoms with Gasteiger partial charge in [-0.15, -0.1) is 0 Å². The van der Waals surface area contributed by atoms with Crippen LogP contribution in [0.25, 0.3) is 0 Å². The Bertz CT molecular complexity index is 739. The molecule has 0 heterocycles. The molecule has 0 aliphatic rings. The molecule has 148 valence electrons. The van der Waals surface area contributed by atoms with Crippen molar-refractivity contribution in [1.82, 2.24) is 0 Å². The van der Waals surface area contributed by atoms with Crippen LogP contribution >= 0.6 is 0 Å². The highest BCUT2D eigenvalue weighted by Gasteiger charge is 2.23. The molecule has 27 heavy (non-hydrogen) atoms. The summed E-state index contributed by atoms with van der Waals surface area (Å²) in [4.78, 5) is 1.96. The zero-order valence-corrected chi connectivity index (χ0v) is 16.0. The number of benzene rings is 2. The van der Waals surface area contributed by atoms with E-state index in [-0.39, 0.29) is 19.3 Å². The Balaban J connectivity index is 2.44. The lowest BCUT2D eigenvalue weighted by atomic mass is 10.0. The zero-order valence-electron chi connectivity index (χ0n) is 16.0. The summed E-state index contributed by atoms with van der Waals surface area (Å²) in [5.74, 6) is 0. The van der Waals surface area contributed by atoms with Gasteiger partial charge in [-0.1, -0.05) is 0 Å². The first-order valence-corrected chi connectivity index (χ1v) is 8.98. The van der Waals surface area contributed by atoms with Gasteiger partial charge in [-0.2, -0.15) is 0 Å². The monoisotopic (exact) mass is 374 g/mol. The Morgan fingerprint density at radius 3 is 2.56 bits per heavy atom. The first-order valence-electron chi connectivity index (χ1n) is 8.98. The minimum absolute atomic E-state index is 0.0469. The lowest BCUT2D eigenvalue weighted by Crippen LogP contribution is -2.34. The van der Waals surface area contributed by atoms with E-state index in [9.17, 15) is 10.2 Å². The number of aliphatic hydroxyl groups is 2. The molecular weight excluding hydrogens is 344 g/mol. The summed E-state index contributed by atoms with van der Waals surface area (Å²) in [6, 6.07) is 10.9. The summed E-state index contributed by atoms with van der Waals surface area (Å²) >= 11 is 0. The van der Waals surface area contributed by atoms with Crippen LogP contribution in [-0.4, -0.2) is 50.2 Å². The Kier molecular flexibility index (Phi) is 7.72. The number of nitrogen functional groups attached to an aromatic ring is 2. The van der Waals surface area contributed by atoms with E-state index in [1.165, 1.54) is 0 Å². The SMILES string of the molecule is COCCNc1ccc(N)cc1C(CO)N(CCO)c1ccc(N)c(C)c1. The molecule has 0 aromatic heterocycles. The van der Waals surface area contributed by atoms with Gasteiger partial charge in [-0.3, -0.25) is 0 Å². The van der Waals surface area contributed by atoms with E-state index in [1.807, 2.05) is 48.2 Å². The minimum Gasteiger partial charge on any atom is -0.399 e. The second-order valence-corrected chi connectivity index (χ2v) is 6.42. The molecule has 0 radical (unpaired) electrons. The number of anilines is 4. The Morgan fingerprint density at radius 2 is 1.93 bits per heavy atom. The molecule has 0 spiro atoms. The molecule has 7 heteroatoms. The number of methoxy groups -OCH3 is 1. The van der Waals surface area contributed by atoms with Crippen molar-refractivity contribution < 1.29 is 14.9 Å². The predicted molar refractivity (Wildman–Crippen MR) is 111 cm³/mol. The summed E-state index contributed by atoms with van der Waals surface area (Å²) < 4.78 is 5.10. The Morgan fingerprint density at radius 1 is 1.15 bits per heavy atom. The molecule has 7 N–H and O–H groups in total. The van der Waals surface area contributed by atoms with Crippen molar-refractivity contribution in [1.29, 1.82) is 0 Å². The third-order valence-electron chi connectivity index (χ3n) is 4.53. The first-order chi connectivity index (χ1) is 13.0. The van der Waals surface area contributed by atoms with Gasteiger partial charge in [-0.05, 0) is 48.9 Å². The number of aliphatic hydroxyl groups excluding tert-OH is 2. The molecule has 0 saturated heterocycles. The number of aryl methyl sites for hydroxylation is 1. The highest BCUT2D eigenvalue weighted by molar-refractivity contribution is 5.64. The van der Waals surface area contributed by atoms with Gasteiger partial charge in [0.1, 0.15) is 0 Å². The van der Waals surface area contributed by atoms with Crippen LogP contribution in [-0.2, 0) is 4.74 Å². The van der Waals surface area contributed by atoms with Crippen molar-refractivity contribution in [3.05, 3.63) is 47.5 Å². The lowest BCUT2D eigenvalue weighted by molar-refractivity contribution is 0.210. The van der Waals surface area contributed by atoms with Gasteiger partial charge in [0.05, 0.1) is 25.9 Å². The van der Waals surface area contributed by atoms with Gasteiger partial charge in [0, 0.05) is 48.5 Å². The summed E-state index contributed by atoms with van der Waals surface area (Å²) in [5.41, 5.74) is 16.8. The van der Waals surface area contributed by atoms with Crippen LogP contribution in [0, 0.1) is 6.92 Å². The average Bonchev–Trinajstić information content (AvgIpc) is 2.65. The number of ether oxygens (including phenoxy) is 1. The van der Waals surface area contributed by atoms with Crippen LogP contribution < -0.4 is 21.7 Å². The third-order valence-corrected chi connectivity index (χ3v) is 4.53. The maximum absolute atomic E-state index is 10.2. The van der Waals surface area contributed by atoms with Crippen LogP contribution in [0.4, 0.5) is 22.7 Å². The summed E-state index contributed by atoms with van der Waals surface area (Å²) in [6.07, 6.45) is 0. The molecule has 0 aliphatic heterocycles. The molecule has 2 rings (SSSR count). The first kappa shape index (κ1) is 20.8. The van der Waals surface area contributed by atoms with E-state index < -0.39 is 0 Å². The standard InChI is InChI=1S/C20H30N4O3/c1-14-11-16(4-5-18(14)22)24(8-9-25)20(13-26)17-12-15(21)3-6-19(17)23-7-10-27-2/h3-6,11-12,20,23,25-26H,7-10,13,21-22H2,1-2H3. The van der Waals surface area contributed by atoms with Crippen molar-refractivity contribution in [2.75, 3.05) is 61.7 Å². The second kappa shape index (κ2) is 10.0. The van der Waals surface area contributed by atoms with Crippen LogP contribution in [0.15, 0.2) is 36.4 Å². The highest BCUT2D eigenvalue weighted by atomic mass is 16.5. The molecule has 0 fully saturated rings. The van der Waals surface area contributed by atoms with E-state index in [4.69, 9.17) is 16.2 Å². The molecule has 1 unspecified atom stereocenters. The maximum atomic E-state index is 10.2. The Labute approximate surface area is 160 Å². The van der Waals surface area contributed by atoms with Crippen LogP contribution in [0.1, 0.15) is 17.2 Å². The molecule has 0 bridgehead atoms. The lowest BCUT2D eigenvalue weighted by Gasteiger charge is -2.34. The van der Waals surface area contributed by atoms with Gasteiger partial charge in [0.2, 0.25) is 0 Å². The van der Waals surface area contributed by atoms with Gasteiger partial charge in [0.25, 0.3) is 0 Å². The van der Waals surface area contributed by atoms with Crippen LogP contribution in [0.3, 0.4) is 0 Å². The van der Waals surface area contributed by atoms with Crippen LogP contribution in [0.2, 0.25) is 0 Å². The number of nitrogens with two attached hydrogens (primary N) is 2. The largest absolute Gasteiger partial charge is 0.399 e. The normalized spacial score (nSPS) is 12.0. The Hall–Kier alpha value is -2.48. The summed E-state index contributed by atoms with van der Waals surface area (Å²) in [7, 11) is 1.65. The minimum atomic E-state index is -0.381. The topological polar surface area (TPSA) is 117 Å². The molecule has 1 atom stereocenters. The second-order valence-electron chi connectivity index (χ2n) is 6.42. The van der Waals surface area contributed by atoms with Crippen molar-refractivity contribution in [3.63, 3.8) is 0 Å². The number of hydrogen-bond donors (Lipinski definition) is 5. The summed E-state index contributed by atoms with van der Waals surface area (Å²) in [6.45, 7) is 3.31. The van der Waals surface area contributed by atoms with E-state index in [0.29, 0.717) is 31.1 Å². The molecule has 2 aromatic carbocycles. The van der Waals surface area contributed by atoms with Crippen molar-refractivity contribution in [2.45, 2.75) is 13.0 Å². The number of hydrogen-bond acceptors (Lipinski definition) is 7. The quantitative estimate of drug-likeness (QED) is 0.318. The number of nitrogens with one attached hydrogen (secondary N) is 1. The van der Waals surface area contributed by atoms with E-state index in [0.717, 1.165) is 22.5 Å². The fourth-order valence-corrected chi connectivity index (χ4v) is 3.08. The predicted octanol–water partition coefficient (Wildman–Crippen LogP) is 1.75. The molecular formula is C20H30N4O3. The smallest absolute Gasteiger partial charge is 0.0795 e. The van der Waals surface area contributed by atoms with E-state index >= 15 is 0 Å². The molecule has 0 amide bonds. The van der Waals surface area contributed by atoms with Gasteiger partial charge in [0.15, 0.2) is 0 Å². The van der Waals surface area contributed by atoms with Crippen molar-refractivity contribution >= 4 is 22.7 Å². The fraction of sp³-hybridized carbons (Fsp3) is 0.400. The third kappa shape index (κ3) is 5.26. The highest BCUT2D eigenvalue weighted by Crippen LogP contribution is 2.33. The average molecular weight is 374 g/mol. The molecule has 2 aromatic rings. The molecule has 0 saturated carbocycles. The van der Waals surface area contributed by atoms with Crippen LogP contribution in [0.5, 0.6) is 0 Å². The molecule has 0 aliphatic carbocycles. The summed E-state index contributed by atoms with van der Waals surface area (Å²) in [5, 5.41) is 23.1. The van der Waals surface area contributed by atoms with Gasteiger partial charge < -0.3 is 36.6 Å². The zero-order chi connectivity index (χ0) is 19.8. The van der Waals surface area contributed by atoms with Gasteiger partial charge in [-0.25, -0.2) is 0 Å². The fourth-order valence-electron chi connectivity index (χ4n) is 3.08. The van der Waals surface area contributed by atoms with E-state index in [2.05, 4.69) is 5.32 Å². The van der Waals surface area contributed by atoms with E-state index in [1.54, 1.807) is 7.11 Å². The van der Waals surface area contributed by atoms with Crippen molar-refractivity contribution in [2.24, 2.45) is 0 Å². The van der Waals surface area contributed by atoms with Crippen molar-refractivity contribution in [3.8, 4) is 0 Å². The maximum Gasteiger partial charge on any atom is 0.0795 e. The number of rotatable bonds is 10. The molecule has 7 nitrogen and oxygen atoms in total. The van der Waals surface area contributed by atoms with Gasteiger partial charge >= 0.3 is 0 Å².